The van der Waals surface area contributed by atoms with Gasteiger partial charge in [0.05, 0.1) is 4.70 Å². The minimum absolute atomic E-state index is 0.213. The van der Waals surface area contributed by atoms with Crippen LogP contribution in [0.1, 0.15) is 0 Å². The lowest BCUT2D eigenvalue weighted by molar-refractivity contribution is 0.642. The van der Waals surface area contributed by atoms with Crippen molar-refractivity contribution in [1.82, 2.24) is 0 Å². The van der Waals surface area contributed by atoms with Crippen molar-refractivity contribution in [3.8, 4) is 0 Å². The molecular weight excluding hydrogens is 241 g/mol. The van der Waals surface area contributed by atoms with Gasteiger partial charge in [0.2, 0.25) is 0 Å². The van der Waals surface area contributed by atoms with Crippen LogP contribution in [0, 0.1) is 5.82 Å². The summed E-state index contributed by atoms with van der Waals surface area (Å²) in [5, 5.41) is 2.62. The van der Waals surface area contributed by atoms with Crippen LogP contribution in [0.15, 0.2) is 22.0 Å². The number of nitrogens with two attached hydrogens (primary N) is 1. The van der Waals surface area contributed by atoms with Gasteiger partial charge in [-0.25, -0.2) is 4.39 Å². The maximum atomic E-state index is 13.1. The first-order valence-corrected chi connectivity index (χ1v) is 4.98. The molecule has 1 nitrogen and oxygen atoms in total. The van der Waals surface area contributed by atoms with E-state index in [0.29, 0.717) is 10.4 Å². The summed E-state index contributed by atoms with van der Waals surface area (Å²) in [6, 6.07) is 2.97. The van der Waals surface area contributed by atoms with E-state index in [1.165, 1.54) is 17.4 Å². The summed E-state index contributed by atoms with van der Waals surface area (Å²) in [5.74, 6) is -0.213. The number of benzene rings is 1. The number of hydrogen-bond acceptors (Lipinski definition) is 2. The Kier molecular flexibility index (Phi) is 1.81. The zero-order valence-corrected chi connectivity index (χ0v) is 8.38. The second kappa shape index (κ2) is 2.71. The van der Waals surface area contributed by atoms with Crippen LogP contribution in [-0.2, 0) is 0 Å². The van der Waals surface area contributed by atoms with Crippen molar-refractivity contribution in [3.05, 3.63) is 27.8 Å². The highest BCUT2D eigenvalue weighted by atomic mass is 79.9. The number of thiophene rings is 1. The molecule has 0 unspecified atom stereocenters. The molecule has 0 fully saturated rings. The first-order valence-electron chi connectivity index (χ1n) is 3.31. The maximum Gasteiger partial charge on any atom is 0.141 e. The Morgan fingerprint density at radius 1 is 1.42 bits per heavy atom. The summed E-state index contributed by atoms with van der Waals surface area (Å²) in [5.41, 5.74) is 6.29. The lowest BCUT2D eigenvalue weighted by Crippen LogP contribution is -1.86. The summed E-state index contributed by atoms with van der Waals surface area (Å²) in [6.45, 7) is 0. The molecule has 4 heteroatoms. The number of anilines is 1. The van der Waals surface area contributed by atoms with Crippen molar-refractivity contribution in [3.63, 3.8) is 0 Å². The SMILES string of the molecule is Nc1ccc(F)c2scc(Br)c12. The third-order valence-corrected chi connectivity index (χ3v) is 3.58. The maximum absolute atomic E-state index is 13.1. The zero-order valence-electron chi connectivity index (χ0n) is 5.97. The molecule has 62 valence electrons. The average molecular weight is 246 g/mol. The van der Waals surface area contributed by atoms with Crippen LogP contribution in [0.3, 0.4) is 0 Å². The summed E-state index contributed by atoms with van der Waals surface area (Å²) < 4.78 is 14.6. The Morgan fingerprint density at radius 3 is 2.83 bits per heavy atom. The number of hydrogen-bond donors (Lipinski definition) is 1. The minimum Gasteiger partial charge on any atom is -0.398 e. The molecule has 0 aliphatic heterocycles. The van der Waals surface area contributed by atoms with Gasteiger partial charge in [0.25, 0.3) is 0 Å². The zero-order chi connectivity index (χ0) is 8.72. The van der Waals surface area contributed by atoms with Crippen molar-refractivity contribution >= 4 is 43.0 Å². The van der Waals surface area contributed by atoms with E-state index in [9.17, 15) is 4.39 Å². The normalized spacial score (nSPS) is 10.8. The fourth-order valence-electron chi connectivity index (χ4n) is 1.10. The van der Waals surface area contributed by atoms with Gasteiger partial charge >= 0.3 is 0 Å². The van der Waals surface area contributed by atoms with Crippen LogP contribution >= 0.6 is 27.3 Å². The molecule has 0 aliphatic rings. The minimum atomic E-state index is -0.213. The molecule has 0 amide bonds. The van der Waals surface area contributed by atoms with Gasteiger partial charge < -0.3 is 5.73 Å². The molecule has 0 spiro atoms. The van der Waals surface area contributed by atoms with Gasteiger partial charge in [0.1, 0.15) is 5.82 Å². The molecule has 2 aromatic rings. The average Bonchev–Trinajstić information content (AvgIpc) is 2.42. The molecule has 12 heavy (non-hydrogen) atoms. The Morgan fingerprint density at radius 2 is 2.17 bits per heavy atom. The highest BCUT2D eigenvalue weighted by Crippen LogP contribution is 2.35. The van der Waals surface area contributed by atoms with Gasteiger partial charge in [0.15, 0.2) is 0 Å². The van der Waals surface area contributed by atoms with Crippen LogP contribution in [0.2, 0.25) is 0 Å². The Bertz CT molecular complexity index is 438. The van der Waals surface area contributed by atoms with Crippen molar-refractivity contribution in [2.75, 3.05) is 5.73 Å². The molecule has 2 rings (SSSR count). The molecular formula is C8H5BrFNS. The van der Waals surface area contributed by atoms with E-state index in [1.807, 2.05) is 5.38 Å². The van der Waals surface area contributed by atoms with Crippen molar-refractivity contribution in [2.45, 2.75) is 0 Å². The van der Waals surface area contributed by atoms with E-state index in [4.69, 9.17) is 5.73 Å². The Hall–Kier alpha value is -0.610. The summed E-state index contributed by atoms with van der Waals surface area (Å²) in [7, 11) is 0. The van der Waals surface area contributed by atoms with E-state index >= 15 is 0 Å². The van der Waals surface area contributed by atoms with E-state index in [2.05, 4.69) is 15.9 Å². The summed E-state index contributed by atoms with van der Waals surface area (Å²) in [4.78, 5) is 0. The molecule has 0 aliphatic carbocycles. The highest BCUT2D eigenvalue weighted by molar-refractivity contribution is 9.10. The third kappa shape index (κ3) is 1.03. The van der Waals surface area contributed by atoms with Crippen LogP contribution in [0.25, 0.3) is 10.1 Å². The van der Waals surface area contributed by atoms with Gasteiger partial charge in [0, 0.05) is 20.9 Å². The molecule has 1 aromatic carbocycles. The Balaban J connectivity index is 2.98. The number of nitrogen functional groups attached to an aromatic ring is 1. The lowest BCUT2D eigenvalue weighted by atomic mass is 10.2. The van der Waals surface area contributed by atoms with Crippen LogP contribution < -0.4 is 5.73 Å². The second-order valence-electron chi connectivity index (χ2n) is 2.42. The predicted octanol–water partition coefficient (Wildman–Crippen LogP) is 3.39. The van der Waals surface area contributed by atoms with E-state index in [1.54, 1.807) is 6.07 Å². The molecule has 0 saturated carbocycles. The van der Waals surface area contributed by atoms with Crippen molar-refractivity contribution in [2.24, 2.45) is 0 Å². The van der Waals surface area contributed by atoms with Gasteiger partial charge in [-0.1, -0.05) is 0 Å². The van der Waals surface area contributed by atoms with Gasteiger partial charge in [-0.15, -0.1) is 11.3 Å². The van der Waals surface area contributed by atoms with Gasteiger partial charge in [-0.2, -0.15) is 0 Å². The first-order chi connectivity index (χ1) is 5.70. The second-order valence-corrected chi connectivity index (χ2v) is 4.16. The smallest absolute Gasteiger partial charge is 0.141 e. The fourth-order valence-corrected chi connectivity index (χ4v) is 2.81. The molecule has 1 aromatic heterocycles. The number of fused-ring (bicyclic) bond motifs is 1. The van der Waals surface area contributed by atoms with Crippen molar-refractivity contribution < 1.29 is 4.39 Å². The lowest BCUT2D eigenvalue weighted by Gasteiger charge is -1.97. The Labute approximate surface area is 81.1 Å². The van der Waals surface area contributed by atoms with Crippen molar-refractivity contribution in [1.29, 1.82) is 0 Å². The third-order valence-electron chi connectivity index (χ3n) is 1.66. The fraction of sp³-hybridized carbons (Fsp3) is 0. The van der Waals surface area contributed by atoms with Crippen LogP contribution in [0.5, 0.6) is 0 Å². The standard InChI is InChI=1S/C8H5BrFNS/c9-4-3-12-8-5(10)1-2-6(11)7(4)8/h1-3H,11H2. The molecule has 0 radical (unpaired) electrons. The van der Waals surface area contributed by atoms with Crippen LogP contribution in [0.4, 0.5) is 10.1 Å². The van der Waals surface area contributed by atoms with Gasteiger partial charge in [-0.05, 0) is 28.1 Å². The molecule has 2 N–H and O–H groups in total. The van der Waals surface area contributed by atoms with E-state index in [0.717, 1.165) is 9.86 Å². The molecule has 0 saturated heterocycles. The highest BCUT2D eigenvalue weighted by Gasteiger charge is 2.08. The molecule has 0 bridgehead atoms. The summed E-state index contributed by atoms with van der Waals surface area (Å²) in [6.07, 6.45) is 0. The van der Waals surface area contributed by atoms with E-state index < -0.39 is 0 Å². The quantitative estimate of drug-likeness (QED) is 0.708. The number of halogens is 2. The van der Waals surface area contributed by atoms with Gasteiger partial charge in [-0.3, -0.25) is 0 Å². The number of rotatable bonds is 0. The predicted molar refractivity (Wildman–Crippen MR) is 53.9 cm³/mol. The summed E-state index contributed by atoms with van der Waals surface area (Å²) >= 11 is 4.67. The first kappa shape index (κ1) is 8.01. The molecule has 1 heterocycles. The van der Waals surface area contributed by atoms with Crippen LogP contribution in [-0.4, -0.2) is 0 Å². The largest absolute Gasteiger partial charge is 0.398 e. The topological polar surface area (TPSA) is 26.0 Å². The molecule has 0 atom stereocenters. The van der Waals surface area contributed by atoms with E-state index in [-0.39, 0.29) is 5.82 Å². The monoisotopic (exact) mass is 245 g/mol.